The minimum atomic E-state index is -0.419. The number of amides is 1. The summed E-state index contributed by atoms with van der Waals surface area (Å²) in [7, 11) is 0. The third-order valence-corrected chi connectivity index (χ3v) is 3.97. The molecule has 1 amide bonds. The molecular formula is C20H17N5O. The molecule has 0 bridgehead atoms. The fraction of sp³-hybridized carbons (Fsp3) is 0.100. The summed E-state index contributed by atoms with van der Waals surface area (Å²) in [4.78, 5) is 12.3. The Hall–Kier alpha value is -3.72. The molecule has 6 heteroatoms. The van der Waals surface area contributed by atoms with Crippen LogP contribution in [0.25, 0.3) is 0 Å². The van der Waals surface area contributed by atoms with Gasteiger partial charge in [-0.2, -0.15) is 5.26 Å². The Balaban J connectivity index is 1.71. The molecule has 2 N–H and O–H groups in total. The summed E-state index contributed by atoms with van der Waals surface area (Å²) in [5.41, 5.74) is 4.30. The molecule has 0 aliphatic heterocycles. The highest BCUT2D eigenvalue weighted by Gasteiger charge is 2.11. The number of hydrogen-bond donors (Lipinski definition) is 2. The van der Waals surface area contributed by atoms with Crippen LogP contribution in [-0.2, 0) is 0 Å². The number of para-hydroxylation sites is 1. The van der Waals surface area contributed by atoms with Crippen LogP contribution in [0.1, 0.15) is 27.2 Å². The van der Waals surface area contributed by atoms with Crippen LogP contribution in [0.2, 0.25) is 0 Å². The molecule has 3 rings (SSSR count). The molecule has 0 atom stereocenters. The lowest BCUT2D eigenvalue weighted by molar-refractivity contribution is 0.102. The molecule has 6 nitrogen and oxygen atoms in total. The van der Waals surface area contributed by atoms with Gasteiger partial charge in [0.05, 0.1) is 11.3 Å². The van der Waals surface area contributed by atoms with Gasteiger partial charge in [0.2, 0.25) is 0 Å². The average molecular weight is 343 g/mol. The molecule has 3 aromatic rings. The minimum Gasteiger partial charge on any atom is -0.339 e. The predicted molar refractivity (Wildman–Crippen MR) is 100 cm³/mol. The molecule has 0 aliphatic rings. The lowest BCUT2D eigenvalue weighted by Gasteiger charge is -2.08. The number of aromatic nitrogens is 2. The quantitative estimate of drug-likeness (QED) is 0.748. The Labute approximate surface area is 151 Å². The van der Waals surface area contributed by atoms with Crippen molar-refractivity contribution >= 4 is 23.1 Å². The van der Waals surface area contributed by atoms with Gasteiger partial charge in [0, 0.05) is 5.69 Å². The highest BCUT2D eigenvalue weighted by atomic mass is 16.1. The van der Waals surface area contributed by atoms with E-state index >= 15 is 0 Å². The van der Waals surface area contributed by atoms with Crippen molar-refractivity contribution in [3.63, 3.8) is 0 Å². The second kappa shape index (κ2) is 7.45. The van der Waals surface area contributed by atoms with Gasteiger partial charge in [0.15, 0.2) is 11.5 Å². The van der Waals surface area contributed by atoms with E-state index in [1.807, 2.05) is 31.2 Å². The largest absolute Gasteiger partial charge is 0.339 e. The number of nitrogens with zero attached hydrogens (tertiary/aromatic N) is 3. The van der Waals surface area contributed by atoms with E-state index in [4.69, 9.17) is 5.26 Å². The zero-order valence-corrected chi connectivity index (χ0v) is 14.4. The Morgan fingerprint density at radius 3 is 2.50 bits per heavy atom. The zero-order valence-electron chi connectivity index (χ0n) is 14.4. The first-order valence-electron chi connectivity index (χ1n) is 8.05. The molecule has 2 aromatic carbocycles. The second-order valence-electron chi connectivity index (χ2n) is 5.84. The normalized spacial score (nSPS) is 10.0. The van der Waals surface area contributed by atoms with Crippen molar-refractivity contribution in [1.29, 1.82) is 5.26 Å². The average Bonchev–Trinajstić information content (AvgIpc) is 2.66. The van der Waals surface area contributed by atoms with Gasteiger partial charge in [-0.1, -0.05) is 18.2 Å². The number of anilines is 3. The van der Waals surface area contributed by atoms with E-state index < -0.39 is 5.91 Å². The molecule has 0 aliphatic carbocycles. The Morgan fingerprint density at radius 2 is 1.81 bits per heavy atom. The molecule has 0 saturated carbocycles. The van der Waals surface area contributed by atoms with Crippen molar-refractivity contribution < 1.29 is 4.79 Å². The number of carbonyl (C=O) groups excluding carboxylic acids is 1. The summed E-state index contributed by atoms with van der Waals surface area (Å²) in [6.45, 7) is 4.09. The van der Waals surface area contributed by atoms with Crippen LogP contribution in [0.15, 0.2) is 54.6 Å². The number of hydrogen-bond acceptors (Lipinski definition) is 5. The third kappa shape index (κ3) is 3.84. The molecular weight excluding hydrogens is 326 g/mol. The van der Waals surface area contributed by atoms with Crippen LogP contribution in [0.4, 0.5) is 17.2 Å². The van der Waals surface area contributed by atoms with Crippen molar-refractivity contribution in [2.24, 2.45) is 0 Å². The molecule has 1 aromatic heterocycles. The van der Waals surface area contributed by atoms with E-state index in [1.165, 1.54) is 11.1 Å². The highest BCUT2D eigenvalue weighted by Crippen LogP contribution is 2.18. The molecule has 0 spiro atoms. The topological polar surface area (TPSA) is 90.7 Å². The van der Waals surface area contributed by atoms with Gasteiger partial charge in [0.25, 0.3) is 5.91 Å². The van der Waals surface area contributed by atoms with Crippen molar-refractivity contribution in [3.8, 4) is 6.07 Å². The van der Waals surface area contributed by atoms with E-state index in [9.17, 15) is 4.79 Å². The lowest BCUT2D eigenvalue weighted by Crippen LogP contribution is -2.15. The minimum absolute atomic E-state index is 0.170. The fourth-order valence-electron chi connectivity index (χ4n) is 2.36. The number of rotatable bonds is 4. The van der Waals surface area contributed by atoms with Gasteiger partial charge < -0.3 is 10.6 Å². The number of nitrogens with one attached hydrogen (secondary N) is 2. The highest BCUT2D eigenvalue weighted by molar-refractivity contribution is 6.03. The van der Waals surface area contributed by atoms with E-state index in [0.29, 0.717) is 17.1 Å². The van der Waals surface area contributed by atoms with Crippen LogP contribution < -0.4 is 10.6 Å². The van der Waals surface area contributed by atoms with Crippen LogP contribution in [0, 0.1) is 25.2 Å². The first kappa shape index (κ1) is 17.1. The molecule has 0 radical (unpaired) electrons. The Kier molecular flexibility index (Phi) is 4.90. The molecule has 0 fully saturated rings. The number of carbonyl (C=O) groups is 1. The fourth-order valence-corrected chi connectivity index (χ4v) is 2.36. The maximum absolute atomic E-state index is 12.3. The Morgan fingerprint density at radius 1 is 1.00 bits per heavy atom. The number of aryl methyl sites for hydroxylation is 2. The van der Waals surface area contributed by atoms with Crippen molar-refractivity contribution in [2.45, 2.75) is 13.8 Å². The summed E-state index contributed by atoms with van der Waals surface area (Å²) in [6.07, 6.45) is 0. The van der Waals surface area contributed by atoms with Crippen molar-refractivity contribution in [3.05, 3.63) is 77.0 Å². The van der Waals surface area contributed by atoms with Crippen molar-refractivity contribution in [2.75, 3.05) is 10.6 Å². The van der Waals surface area contributed by atoms with Gasteiger partial charge in [0.1, 0.15) is 6.07 Å². The molecule has 0 unspecified atom stereocenters. The summed E-state index contributed by atoms with van der Waals surface area (Å²) >= 11 is 0. The van der Waals surface area contributed by atoms with Crippen molar-refractivity contribution in [1.82, 2.24) is 10.2 Å². The van der Waals surface area contributed by atoms with E-state index in [0.717, 1.165) is 5.69 Å². The predicted octanol–water partition coefficient (Wildman–Crippen LogP) is 3.96. The van der Waals surface area contributed by atoms with Crippen LogP contribution in [-0.4, -0.2) is 16.1 Å². The molecule has 128 valence electrons. The first-order valence-corrected chi connectivity index (χ1v) is 8.05. The summed E-state index contributed by atoms with van der Waals surface area (Å²) < 4.78 is 0. The first-order chi connectivity index (χ1) is 12.6. The van der Waals surface area contributed by atoms with Gasteiger partial charge in [-0.25, -0.2) is 0 Å². The Bertz CT molecular complexity index is 990. The van der Waals surface area contributed by atoms with Crippen LogP contribution in [0.3, 0.4) is 0 Å². The molecule has 1 heterocycles. The zero-order chi connectivity index (χ0) is 18.5. The maximum atomic E-state index is 12.3. The summed E-state index contributed by atoms with van der Waals surface area (Å²) in [6, 6.07) is 18.1. The number of nitriles is 1. The monoisotopic (exact) mass is 343 g/mol. The second-order valence-corrected chi connectivity index (χ2v) is 5.84. The standard InChI is InChI=1S/C20H17N5O/c1-13-7-8-16(11-14(13)2)22-19-10-9-18(24-25-19)20(26)23-17-6-4-3-5-15(17)12-21/h3-11H,1-2H3,(H,22,25)(H,23,26). The summed E-state index contributed by atoms with van der Waals surface area (Å²) in [5, 5.41) is 22.9. The van der Waals surface area contributed by atoms with E-state index in [1.54, 1.807) is 36.4 Å². The van der Waals surface area contributed by atoms with Gasteiger partial charge in [-0.15, -0.1) is 10.2 Å². The maximum Gasteiger partial charge on any atom is 0.276 e. The van der Waals surface area contributed by atoms with E-state index in [-0.39, 0.29) is 5.69 Å². The SMILES string of the molecule is Cc1ccc(Nc2ccc(C(=O)Nc3ccccc3C#N)nn2)cc1C. The number of benzene rings is 2. The van der Waals surface area contributed by atoms with Gasteiger partial charge in [-0.3, -0.25) is 4.79 Å². The van der Waals surface area contributed by atoms with Crippen LogP contribution in [0.5, 0.6) is 0 Å². The summed E-state index contributed by atoms with van der Waals surface area (Å²) in [5.74, 6) is 0.125. The van der Waals surface area contributed by atoms with Crippen LogP contribution >= 0.6 is 0 Å². The molecule has 26 heavy (non-hydrogen) atoms. The van der Waals surface area contributed by atoms with E-state index in [2.05, 4.69) is 27.8 Å². The lowest BCUT2D eigenvalue weighted by atomic mass is 10.1. The molecule has 0 saturated heterocycles. The third-order valence-electron chi connectivity index (χ3n) is 3.97. The van der Waals surface area contributed by atoms with Gasteiger partial charge >= 0.3 is 0 Å². The smallest absolute Gasteiger partial charge is 0.276 e. The van der Waals surface area contributed by atoms with Gasteiger partial charge in [-0.05, 0) is 61.4 Å².